The summed E-state index contributed by atoms with van der Waals surface area (Å²) in [7, 11) is -3.54. The molecular weight excluding hydrogens is 462 g/mol. The maximum absolute atomic E-state index is 12.8. The van der Waals surface area contributed by atoms with Crippen molar-refractivity contribution >= 4 is 20.7 Å². The molecule has 0 aliphatic carbocycles. The van der Waals surface area contributed by atoms with Gasteiger partial charge >= 0.3 is 0 Å². The Labute approximate surface area is 206 Å². The lowest BCUT2D eigenvalue weighted by Crippen LogP contribution is -2.47. The van der Waals surface area contributed by atoms with Crippen LogP contribution in [0.25, 0.3) is 22.2 Å². The fourth-order valence-electron chi connectivity index (χ4n) is 4.56. The molecule has 1 fully saturated rings. The first-order valence-electron chi connectivity index (χ1n) is 11.9. The van der Waals surface area contributed by atoms with E-state index in [4.69, 9.17) is 0 Å². The molecule has 2 N–H and O–H groups in total. The molecule has 2 aromatic heterocycles. The lowest BCUT2D eigenvalue weighted by atomic mass is 10.1. The van der Waals surface area contributed by atoms with Crippen LogP contribution >= 0.6 is 0 Å². The Hall–Kier alpha value is -3.35. The zero-order valence-electron chi connectivity index (χ0n) is 20.1. The Kier molecular flexibility index (Phi) is 7.43. The molecule has 9 heteroatoms. The monoisotopic (exact) mass is 493 g/mol. The van der Waals surface area contributed by atoms with Gasteiger partial charge in [0.15, 0.2) is 15.7 Å². The van der Waals surface area contributed by atoms with Crippen molar-refractivity contribution in [3.8, 4) is 23.2 Å². The summed E-state index contributed by atoms with van der Waals surface area (Å²) in [5.41, 5.74) is 1.99. The lowest BCUT2D eigenvalue weighted by Gasteiger charge is -2.37. The second-order valence-electron chi connectivity index (χ2n) is 8.98. The molecule has 1 atom stereocenters. The quantitative estimate of drug-likeness (QED) is 0.489. The predicted molar refractivity (Wildman–Crippen MR) is 137 cm³/mol. The van der Waals surface area contributed by atoms with E-state index in [1.165, 1.54) is 25.1 Å². The van der Waals surface area contributed by atoms with Crippen molar-refractivity contribution in [2.45, 2.75) is 37.6 Å². The highest BCUT2D eigenvalue weighted by Crippen LogP contribution is 2.36. The van der Waals surface area contributed by atoms with Crippen LogP contribution in [0, 0.1) is 11.3 Å². The van der Waals surface area contributed by atoms with Crippen LogP contribution in [0.4, 0.5) is 0 Å². The van der Waals surface area contributed by atoms with Gasteiger partial charge in [-0.2, -0.15) is 5.26 Å². The van der Waals surface area contributed by atoms with Crippen LogP contribution in [0.2, 0.25) is 0 Å². The van der Waals surface area contributed by atoms with Gasteiger partial charge in [0.2, 0.25) is 0 Å². The Morgan fingerprint density at radius 3 is 2.66 bits per heavy atom. The number of sulfone groups is 1. The molecule has 1 aliphatic heterocycles. The SMILES string of the molecule is CCCC(C)N1CCN(C=CCS(=O)(=O)c2ccc(-c3c(O)[nH]c4ccc(C#N)cc34)nc2)CC1. The molecule has 1 aliphatic rings. The summed E-state index contributed by atoms with van der Waals surface area (Å²) in [4.78, 5) is 12.0. The third-order valence-electron chi connectivity index (χ3n) is 6.57. The van der Waals surface area contributed by atoms with Crippen molar-refractivity contribution in [2.24, 2.45) is 0 Å². The van der Waals surface area contributed by atoms with Crippen LogP contribution in [-0.2, 0) is 9.84 Å². The molecule has 35 heavy (non-hydrogen) atoms. The van der Waals surface area contributed by atoms with Crippen molar-refractivity contribution in [2.75, 3.05) is 31.9 Å². The topological polar surface area (TPSA) is 113 Å². The first-order valence-corrected chi connectivity index (χ1v) is 13.6. The third-order valence-corrected chi connectivity index (χ3v) is 8.16. The number of aromatic hydroxyl groups is 1. The van der Waals surface area contributed by atoms with Gasteiger partial charge in [-0.05, 0) is 49.9 Å². The molecule has 1 unspecified atom stereocenters. The second kappa shape index (κ2) is 10.5. The van der Waals surface area contributed by atoms with Crippen LogP contribution in [0.1, 0.15) is 32.3 Å². The van der Waals surface area contributed by atoms with Crippen molar-refractivity contribution in [1.82, 2.24) is 19.8 Å². The fraction of sp³-hybridized carbons (Fsp3) is 0.385. The molecule has 4 rings (SSSR count). The molecule has 1 saturated heterocycles. The van der Waals surface area contributed by atoms with E-state index >= 15 is 0 Å². The van der Waals surface area contributed by atoms with Crippen molar-refractivity contribution in [3.05, 3.63) is 54.4 Å². The normalized spacial score (nSPS) is 16.1. The van der Waals surface area contributed by atoms with E-state index in [0.717, 1.165) is 26.2 Å². The average molecular weight is 494 g/mol. The molecular formula is C26H31N5O3S. The summed E-state index contributed by atoms with van der Waals surface area (Å²) >= 11 is 0. The number of hydrogen-bond acceptors (Lipinski definition) is 7. The highest BCUT2D eigenvalue weighted by molar-refractivity contribution is 7.91. The molecule has 184 valence electrons. The van der Waals surface area contributed by atoms with Gasteiger partial charge in [-0.15, -0.1) is 0 Å². The van der Waals surface area contributed by atoms with Crippen LogP contribution in [-0.4, -0.2) is 71.3 Å². The Morgan fingerprint density at radius 2 is 2.00 bits per heavy atom. The molecule has 3 aromatic rings. The largest absolute Gasteiger partial charge is 0.494 e. The summed E-state index contributed by atoms with van der Waals surface area (Å²) in [6, 6.07) is 10.8. The van der Waals surface area contributed by atoms with Crippen molar-refractivity contribution < 1.29 is 13.5 Å². The zero-order chi connectivity index (χ0) is 25.0. The van der Waals surface area contributed by atoms with Crippen LogP contribution in [0.3, 0.4) is 0 Å². The first-order chi connectivity index (χ1) is 16.8. The molecule has 0 spiro atoms. The molecule has 0 saturated carbocycles. The van der Waals surface area contributed by atoms with E-state index in [9.17, 15) is 18.8 Å². The van der Waals surface area contributed by atoms with Gasteiger partial charge in [0.05, 0.1) is 33.5 Å². The minimum Gasteiger partial charge on any atom is -0.494 e. The van der Waals surface area contributed by atoms with Crippen molar-refractivity contribution in [1.29, 1.82) is 5.26 Å². The van der Waals surface area contributed by atoms with E-state index in [1.54, 1.807) is 30.3 Å². The summed E-state index contributed by atoms with van der Waals surface area (Å²) in [5, 5.41) is 20.2. The minimum atomic E-state index is -3.54. The number of nitrogens with zero attached hydrogens (tertiary/aromatic N) is 4. The van der Waals surface area contributed by atoms with Gasteiger partial charge in [-0.1, -0.05) is 19.4 Å². The zero-order valence-corrected chi connectivity index (χ0v) is 20.9. The summed E-state index contributed by atoms with van der Waals surface area (Å²) < 4.78 is 25.7. The number of H-pyrrole nitrogens is 1. The second-order valence-corrected chi connectivity index (χ2v) is 11.0. The van der Waals surface area contributed by atoms with E-state index in [2.05, 4.69) is 39.7 Å². The van der Waals surface area contributed by atoms with Gasteiger partial charge in [0.1, 0.15) is 0 Å². The number of aromatic amines is 1. The molecule has 8 nitrogen and oxygen atoms in total. The van der Waals surface area contributed by atoms with E-state index in [-0.39, 0.29) is 16.5 Å². The molecule has 3 heterocycles. The number of pyridine rings is 1. The Morgan fingerprint density at radius 1 is 1.23 bits per heavy atom. The highest BCUT2D eigenvalue weighted by Gasteiger charge is 2.20. The average Bonchev–Trinajstić information content (AvgIpc) is 3.19. The number of rotatable bonds is 8. The third kappa shape index (κ3) is 5.50. The van der Waals surface area contributed by atoms with E-state index < -0.39 is 9.84 Å². The highest BCUT2D eigenvalue weighted by atomic mass is 32.2. The molecule has 0 amide bonds. The number of benzene rings is 1. The number of piperazine rings is 1. The molecule has 0 radical (unpaired) electrons. The van der Waals surface area contributed by atoms with Crippen molar-refractivity contribution in [3.63, 3.8) is 0 Å². The summed E-state index contributed by atoms with van der Waals surface area (Å²) in [6.07, 6.45) is 7.28. The number of hydrogen-bond donors (Lipinski definition) is 2. The Balaban J connectivity index is 1.42. The minimum absolute atomic E-state index is 0.0784. The lowest BCUT2D eigenvalue weighted by molar-refractivity contribution is 0.125. The maximum Gasteiger partial charge on any atom is 0.199 e. The number of nitrogens with one attached hydrogen (secondary N) is 1. The van der Waals surface area contributed by atoms with E-state index in [1.807, 2.05) is 6.20 Å². The first kappa shape index (κ1) is 24.8. The van der Waals surface area contributed by atoms with Crippen LogP contribution < -0.4 is 0 Å². The standard InChI is InChI=1S/C26H31N5O3S/c1-3-5-19(2)31-13-11-30(12-14-31)10-4-15-35(33,34)21-7-9-24(28-18-21)25-22-16-20(17-27)6-8-23(22)29-26(25)32/h4,6-10,16,18-19,29,32H,3,5,11-15H2,1-2H3. The number of nitriles is 1. The van der Waals surface area contributed by atoms with Gasteiger partial charge in [-0.3, -0.25) is 9.88 Å². The van der Waals surface area contributed by atoms with Crippen LogP contribution in [0.5, 0.6) is 5.88 Å². The number of aromatic nitrogens is 2. The molecule has 1 aromatic carbocycles. The summed E-state index contributed by atoms with van der Waals surface area (Å²) in [6.45, 7) is 8.23. The fourth-order valence-corrected chi connectivity index (χ4v) is 5.58. The smallest absolute Gasteiger partial charge is 0.199 e. The van der Waals surface area contributed by atoms with Gasteiger partial charge in [-0.25, -0.2) is 8.42 Å². The predicted octanol–water partition coefficient (Wildman–Crippen LogP) is 3.90. The number of fused-ring (bicyclic) bond motifs is 1. The Bertz CT molecular complexity index is 1350. The molecule has 0 bridgehead atoms. The van der Waals surface area contributed by atoms with Gasteiger partial charge in [0.25, 0.3) is 0 Å². The van der Waals surface area contributed by atoms with Gasteiger partial charge < -0.3 is 15.0 Å². The van der Waals surface area contributed by atoms with Gasteiger partial charge in [0, 0.05) is 49.3 Å². The summed E-state index contributed by atoms with van der Waals surface area (Å²) in [5.74, 6) is -0.185. The van der Waals surface area contributed by atoms with Crippen LogP contribution in [0.15, 0.2) is 53.7 Å². The maximum atomic E-state index is 12.8. The van der Waals surface area contributed by atoms with E-state index in [0.29, 0.717) is 33.8 Å².